The highest BCUT2D eigenvalue weighted by molar-refractivity contribution is 8.00. The van der Waals surface area contributed by atoms with Crippen LogP contribution in [0.4, 0.5) is 9.59 Å². The summed E-state index contributed by atoms with van der Waals surface area (Å²) in [6.45, 7) is 3.05. The van der Waals surface area contributed by atoms with E-state index in [1.54, 1.807) is 0 Å². The van der Waals surface area contributed by atoms with E-state index in [1.165, 1.54) is 0 Å². The van der Waals surface area contributed by atoms with Crippen LogP contribution in [0.1, 0.15) is 51.4 Å². The van der Waals surface area contributed by atoms with Crippen LogP contribution in [-0.4, -0.2) is 87.2 Å². The lowest BCUT2D eigenvalue weighted by Crippen LogP contribution is -2.36. The average Bonchev–Trinajstić information content (AvgIpc) is 3.16. The highest BCUT2D eigenvalue weighted by Gasteiger charge is 2.49. The molecule has 2 aliphatic heterocycles. The van der Waals surface area contributed by atoms with Crippen LogP contribution >= 0.6 is 11.8 Å². The Morgan fingerprint density at radius 1 is 0.947 bits per heavy atom. The Balaban J connectivity index is 0.881. The number of amides is 4. The zero-order valence-corrected chi connectivity index (χ0v) is 23.0. The van der Waals surface area contributed by atoms with Gasteiger partial charge in [-0.2, -0.15) is 11.8 Å². The third kappa shape index (κ3) is 9.24. The molecule has 4 amide bonds. The number of fused-ring (bicyclic) bond motifs is 2. The number of carbonyl (C=O) groups excluding carboxylic acids is 3. The first kappa shape index (κ1) is 28.8. The van der Waals surface area contributed by atoms with Gasteiger partial charge in [-0.1, -0.05) is 6.42 Å². The molecule has 3 fully saturated rings. The van der Waals surface area contributed by atoms with E-state index in [0.29, 0.717) is 75.5 Å². The topological polar surface area (TPSA) is 127 Å². The Bertz CT molecular complexity index is 846. The fourth-order valence-electron chi connectivity index (χ4n) is 5.68. The van der Waals surface area contributed by atoms with E-state index in [1.807, 2.05) is 11.8 Å². The normalized spacial score (nSPS) is 28.9. The van der Waals surface area contributed by atoms with Gasteiger partial charge in [0.1, 0.15) is 0 Å². The zero-order chi connectivity index (χ0) is 26.6. The first-order valence-electron chi connectivity index (χ1n) is 14.1. The summed E-state index contributed by atoms with van der Waals surface area (Å²) in [4.78, 5) is 35.3. The van der Waals surface area contributed by atoms with Crippen molar-refractivity contribution < 1.29 is 28.6 Å². The molecule has 0 bridgehead atoms. The number of unbranched alkanes of at least 4 members (excludes halogenated alkanes) is 1. The van der Waals surface area contributed by atoms with Crippen LogP contribution in [-0.2, 0) is 19.0 Å². The fraction of sp³-hybridized carbons (Fsp3) is 0.815. The largest absolute Gasteiger partial charge is 0.449 e. The van der Waals surface area contributed by atoms with Gasteiger partial charge in [0.2, 0.25) is 5.91 Å². The monoisotopic (exact) mass is 550 g/mol. The summed E-state index contributed by atoms with van der Waals surface area (Å²) in [7, 11) is 0. The SMILES string of the molecule is O=C(CCCC[C@H]1SC[C@H]2NC(=O)N[C@H]21)NCCOCCOCCNC(=O)OCC1C2CCC#CCCC21. The molecule has 11 heteroatoms. The number of hydrogen-bond donors (Lipinski definition) is 4. The van der Waals surface area contributed by atoms with E-state index in [-0.39, 0.29) is 30.1 Å². The van der Waals surface area contributed by atoms with Crippen LogP contribution in [0.25, 0.3) is 0 Å². The second kappa shape index (κ2) is 15.4. The number of urea groups is 1. The van der Waals surface area contributed by atoms with Crippen molar-refractivity contribution in [3.05, 3.63) is 0 Å². The van der Waals surface area contributed by atoms with E-state index in [4.69, 9.17) is 14.2 Å². The molecule has 2 saturated heterocycles. The Hall–Kier alpha value is -2.16. The van der Waals surface area contributed by atoms with E-state index in [9.17, 15) is 14.4 Å². The third-order valence-electron chi connectivity index (χ3n) is 7.78. The summed E-state index contributed by atoms with van der Waals surface area (Å²) in [5.74, 6) is 9.22. The van der Waals surface area contributed by atoms with Crippen molar-refractivity contribution >= 4 is 29.8 Å². The maximum atomic E-state index is 12.0. The van der Waals surface area contributed by atoms with Crippen molar-refractivity contribution in [1.29, 1.82) is 0 Å². The smallest absolute Gasteiger partial charge is 0.407 e. The molecule has 4 aliphatic rings. The minimum absolute atomic E-state index is 0.0380. The van der Waals surface area contributed by atoms with Crippen LogP contribution < -0.4 is 21.3 Å². The quantitative estimate of drug-likeness (QED) is 0.132. The molecule has 10 nitrogen and oxygen atoms in total. The predicted octanol–water partition coefficient (Wildman–Crippen LogP) is 2.03. The molecule has 2 unspecified atom stereocenters. The van der Waals surface area contributed by atoms with E-state index in [0.717, 1.165) is 50.7 Å². The lowest BCUT2D eigenvalue weighted by molar-refractivity contribution is -0.121. The minimum atomic E-state index is -0.387. The molecule has 2 aliphatic carbocycles. The Kier molecular flexibility index (Phi) is 11.7. The molecule has 4 N–H and O–H groups in total. The molecule has 0 aromatic carbocycles. The van der Waals surface area contributed by atoms with Crippen LogP contribution in [0.3, 0.4) is 0 Å². The van der Waals surface area contributed by atoms with Gasteiger partial charge in [0.25, 0.3) is 0 Å². The van der Waals surface area contributed by atoms with Gasteiger partial charge in [0.05, 0.1) is 45.1 Å². The van der Waals surface area contributed by atoms with Gasteiger partial charge in [-0.05, 0) is 43.4 Å². The zero-order valence-electron chi connectivity index (χ0n) is 22.1. The van der Waals surface area contributed by atoms with E-state index in [2.05, 4.69) is 33.1 Å². The summed E-state index contributed by atoms with van der Waals surface area (Å²) < 4.78 is 16.3. The van der Waals surface area contributed by atoms with Crippen molar-refractivity contribution in [2.75, 3.05) is 51.9 Å². The van der Waals surface area contributed by atoms with Crippen LogP contribution in [0.15, 0.2) is 0 Å². The van der Waals surface area contributed by atoms with Crippen molar-refractivity contribution in [2.24, 2.45) is 17.8 Å². The number of carbonyl (C=O) groups is 3. The number of rotatable bonds is 16. The number of ether oxygens (including phenoxy) is 3. The fourth-order valence-corrected chi connectivity index (χ4v) is 7.22. The van der Waals surface area contributed by atoms with Gasteiger partial charge in [-0.3, -0.25) is 4.79 Å². The Morgan fingerprint density at radius 2 is 1.66 bits per heavy atom. The third-order valence-corrected chi connectivity index (χ3v) is 9.29. The number of alkyl carbamates (subject to hydrolysis) is 1. The molecule has 212 valence electrons. The summed E-state index contributed by atoms with van der Waals surface area (Å²) in [5.41, 5.74) is 0. The molecule has 0 aromatic heterocycles. The maximum Gasteiger partial charge on any atom is 0.407 e. The predicted molar refractivity (Wildman–Crippen MR) is 145 cm³/mol. The molecule has 4 rings (SSSR count). The van der Waals surface area contributed by atoms with Gasteiger partial charge in [-0.15, -0.1) is 11.8 Å². The van der Waals surface area contributed by atoms with Crippen molar-refractivity contribution in [1.82, 2.24) is 21.3 Å². The molecule has 5 atom stereocenters. The van der Waals surface area contributed by atoms with Crippen LogP contribution in [0.2, 0.25) is 0 Å². The second-order valence-electron chi connectivity index (χ2n) is 10.4. The van der Waals surface area contributed by atoms with Gasteiger partial charge in [0, 0.05) is 43.4 Å². The lowest BCUT2D eigenvalue weighted by atomic mass is 10.0. The van der Waals surface area contributed by atoms with Gasteiger partial charge >= 0.3 is 12.1 Å². The minimum Gasteiger partial charge on any atom is -0.449 e. The summed E-state index contributed by atoms with van der Waals surface area (Å²) in [6, 6.07) is 0.414. The number of thioether (sulfide) groups is 1. The highest BCUT2D eigenvalue weighted by Crippen LogP contribution is 2.52. The summed E-state index contributed by atoms with van der Waals surface area (Å²) >= 11 is 1.90. The summed E-state index contributed by atoms with van der Waals surface area (Å²) in [5, 5.41) is 12.0. The van der Waals surface area contributed by atoms with Crippen LogP contribution in [0, 0.1) is 29.6 Å². The van der Waals surface area contributed by atoms with Gasteiger partial charge < -0.3 is 35.5 Å². The number of hydrogen-bond acceptors (Lipinski definition) is 7. The lowest BCUT2D eigenvalue weighted by Gasteiger charge is -2.16. The average molecular weight is 551 g/mol. The van der Waals surface area contributed by atoms with Gasteiger partial charge in [0.15, 0.2) is 0 Å². The molecule has 0 aromatic rings. The first-order chi connectivity index (χ1) is 18.6. The molecule has 2 heterocycles. The maximum absolute atomic E-state index is 12.0. The second-order valence-corrected chi connectivity index (χ2v) is 11.7. The summed E-state index contributed by atoms with van der Waals surface area (Å²) in [6.07, 6.45) is 7.12. The van der Waals surface area contributed by atoms with E-state index >= 15 is 0 Å². The Morgan fingerprint density at radius 3 is 2.39 bits per heavy atom. The Labute approximate surface area is 229 Å². The molecule has 0 spiro atoms. The standard InChI is InChI=1S/C27H42N4O6S/c32-24(10-6-5-9-23-25-22(18-38-23)30-26(33)31-25)28-11-13-35-15-16-36-14-12-29-27(34)37-17-21-19-7-3-1-2-4-8-20(19)21/h19-23,25H,3-18H2,(H,28,32)(H,29,34)(H2,30,31,33)/t19?,20?,21?,22-,23-,25-/m1/s1. The van der Waals surface area contributed by atoms with Gasteiger partial charge in [-0.25, -0.2) is 9.59 Å². The number of nitrogens with one attached hydrogen (secondary N) is 4. The van der Waals surface area contributed by atoms with E-state index < -0.39 is 0 Å². The molecule has 0 radical (unpaired) electrons. The molecular formula is C27H42N4O6S. The first-order valence-corrected chi connectivity index (χ1v) is 15.1. The highest BCUT2D eigenvalue weighted by atomic mass is 32.2. The van der Waals surface area contributed by atoms with Crippen molar-refractivity contribution in [3.8, 4) is 11.8 Å². The molecule has 38 heavy (non-hydrogen) atoms. The van der Waals surface area contributed by atoms with Crippen LogP contribution in [0.5, 0.6) is 0 Å². The molecule has 1 saturated carbocycles. The molecular weight excluding hydrogens is 508 g/mol. The van der Waals surface area contributed by atoms with Crippen molar-refractivity contribution in [2.45, 2.75) is 68.7 Å². The van der Waals surface area contributed by atoms with Crippen molar-refractivity contribution in [3.63, 3.8) is 0 Å².